The Bertz CT molecular complexity index is 384. The first-order valence-corrected chi connectivity index (χ1v) is 6.96. The molecule has 0 radical (unpaired) electrons. The van der Waals surface area contributed by atoms with Crippen LogP contribution in [-0.2, 0) is 6.54 Å². The van der Waals surface area contributed by atoms with Crippen molar-refractivity contribution in [3.63, 3.8) is 0 Å². The maximum Gasteiger partial charge on any atom is 0.140 e. The summed E-state index contributed by atoms with van der Waals surface area (Å²) in [7, 11) is 1.73. The summed E-state index contributed by atoms with van der Waals surface area (Å²) in [6, 6.07) is 2.15. The van der Waals surface area contributed by atoms with Crippen molar-refractivity contribution in [1.82, 2.24) is 9.88 Å². The van der Waals surface area contributed by atoms with Gasteiger partial charge in [0.15, 0.2) is 0 Å². The molecule has 1 saturated heterocycles. The Morgan fingerprint density at radius 3 is 2.61 bits per heavy atom. The lowest BCUT2D eigenvalue weighted by Crippen LogP contribution is -2.29. The number of aromatic nitrogens is 1. The maximum atomic E-state index is 5.46. The number of nitrogens with zero attached hydrogens (tertiary/aromatic N) is 2. The van der Waals surface area contributed by atoms with E-state index >= 15 is 0 Å². The molecule has 0 unspecified atom stereocenters. The molecule has 0 amide bonds. The molecule has 3 heteroatoms. The molecule has 18 heavy (non-hydrogen) atoms. The molecule has 2 rings (SSSR count). The highest BCUT2D eigenvalue weighted by atomic mass is 16.5. The van der Waals surface area contributed by atoms with Crippen molar-refractivity contribution in [2.24, 2.45) is 0 Å². The van der Waals surface area contributed by atoms with Crippen molar-refractivity contribution < 1.29 is 4.74 Å². The molecule has 0 N–H and O–H groups in total. The van der Waals surface area contributed by atoms with Crippen LogP contribution in [0.4, 0.5) is 0 Å². The van der Waals surface area contributed by atoms with E-state index in [-0.39, 0.29) is 0 Å². The molecule has 1 aromatic rings. The molecule has 0 saturated carbocycles. The van der Waals surface area contributed by atoms with E-state index in [0.29, 0.717) is 5.92 Å². The zero-order chi connectivity index (χ0) is 13.0. The van der Waals surface area contributed by atoms with Crippen molar-refractivity contribution in [2.45, 2.75) is 45.6 Å². The molecule has 0 bridgehead atoms. The van der Waals surface area contributed by atoms with Gasteiger partial charge in [-0.3, -0.25) is 9.88 Å². The number of rotatable bonds is 4. The largest absolute Gasteiger partial charge is 0.495 e. The number of pyridine rings is 1. The van der Waals surface area contributed by atoms with Gasteiger partial charge in [0.05, 0.1) is 12.8 Å². The van der Waals surface area contributed by atoms with Crippen LogP contribution in [0.25, 0.3) is 0 Å². The summed E-state index contributed by atoms with van der Waals surface area (Å²) in [6.45, 7) is 7.73. The van der Waals surface area contributed by atoms with Gasteiger partial charge in [0.1, 0.15) is 5.75 Å². The molecular formula is C15H24N2O. The lowest BCUT2D eigenvalue weighted by molar-refractivity contribution is 0.220. The third-order valence-corrected chi connectivity index (χ3v) is 3.56. The number of ether oxygens (including phenoxy) is 1. The second kappa shape index (κ2) is 6.19. The Labute approximate surface area is 110 Å². The van der Waals surface area contributed by atoms with Crippen LogP contribution in [-0.4, -0.2) is 30.1 Å². The van der Waals surface area contributed by atoms with Crippen LogP contribution in [0, 0.1) is 0 Å². The van der Waals surface area contributed by atoms with E-state index in [1.165, 1.54) is 37.9 Å². The van der Waals surface area contributed by atoms with Gasteiger partial charge in [-0.05, 0) is 43.5 Å². The summed E-state index contributed by atoms with van der Waals surface area (Å²) in [5.74, 6) is 1.34. The molecule has 0 atom stereocenters. The molecule has 2 heterocycles. The summed E-state index contributed by atoms with van der Waals surface area (Å²) in [5, 5.41) is 0. The number of piperidine rings is 1. The first-order chi connectivity index (χ1) is 8.70. The highest BCUT2D eigenvalue weighted by Gasteiger charge is 2.13. The van der Waals surface area contributed by atoms with Crippen molar-refractivity contribution in [3.05, 3.63) is 23.5 Å². The average Bonchev–Trinajstić information content (AvgIpc) is 2.39. The standard InChI is InChI=1S/C15H24N2O/c1-12(2)15-14(18-3)9-13(10-16-15)11-17-7-5-4-6-8-17/h9-10,12H,4-8,11H2,1-3H3. The van der Waals surface area contributed by atoms with Crippen LogP contribution in [0.1, 0.15) is 50.3 Å². The molecule has 100 valence electrons. The van der Waals surface area contributed by atoms with E-state index in [4.69, 9.17) is 4.74 Å². The summed E-state index contributed by atoms with van der Waals surface area (Å²) in [4.78, 5) is 7.07. The normalized spacial score (nSPS) is 17.1. The third-order valence-electron chi connectivity index (χ3n) is 3.56. The van der Waals surface area contributed by atoms with Gasteiger partial charge in [0, 0.05) is 12.7 Å². The molecule has 1 aliphatic heterocycles. The number of hydrogen-bond donors (Lipinski definition) is 0. The van der Waals surface area contributed by atoms with Crippen molar-refractivity contribution >= 4 is 0 Å². The quantitative estimate of drug-likeness (QED) is 0.818. The zero-order valence-electron chi connectivity index (χ0n) is 11.8. The van der Waals surface area contributed by atoms with Gasteiger partial charge in [-0.25, -0.2) is 0 Å². The summed E-state index contributed by atoms with van der Waals surface area (Å²) in [5.41, 5.74) is 2.32. The van der Waals surface area contributed by atoms with Gasteiger partial charge < -0.3 is 4.74 Å². The lowest BCUT2D eigenvalue weighted by Gasteiger charge is -2.26. The minimum absolute atomic E-state index is 0.406. The van der Waals surface area contributed by atoms with Gasteiger partial charge in [-0.1, -0.05) is 20.3 Å². The van der Waals surface area contributed by atoms with E-state index in [1.807, 2.05) is 6.20 Å². The number of hydrogen-bond acceptors (Lipinski definition) is 3. The van der Waals surface area contributed by atoms with Crippen molar-refractivity contribution in [2.75, 3.05) is 20.2 Å². The molecule has 1 aliphatic rings. The van der Waals surface area contributed by atoms with Gasteiger partial charge in [0.25, 0.3) is 0 Å². The molecule has 0 aliphatic carbocycles. The fraction of sp³-hybridized carbons (Fsp3) is 0.667. The Morgan fingerprint density at radius 2 is 2.00 bits per heavy atom. The van der Waals surface area contributed by atoms with Crippen LogP contribution in [0.2, 0.25) is 0 Å². The topological polar surface area (TPSA) is 25.4 Å². The highest BCUT2D eigenvalue weighted by Crippen LogP contribution is 2.25. The Hall–Kier alpha value is -1.09. The van der Waals surface area contributed by atoms with Crippen molar-refractivity contribution in [3.8, 4) is 5.75 Å². The number of likely N-dealkylation sites (tertiary alicyclic amines) is 1. The second-order valence-corrected chi connectivity index (χ2v) is 5.42. The van der Waals surface area contributed by atoms with E-state index in [9.17, 15) is 0 Å². The first-order valence-electron chi connectivity index (χ1n) is 6.96. The summed E-state index contributed by atoms with van der Waals surface area (Å²) in [6.07, 6.45) is 6.04. The molecule has 3 nitrogen and oxygen atoms in total. The van der Waals surface area contributed by atoms with Crippen LogP contribution in [0.15, 0.2) is 12.3 Å². The molecule has 1 aromatic heterocycles. The van der Waals surface area contributed by atoms with Crippen LogP contribution in [0.5, 0.6) is 5.75 Å². The minimum Gasteiger partial charge on any atom is -0.495 e. The van der Waals surface area contributed by atoms with E-state index in [0.717, 1.165) is 18.0 Å². The maximum absolute atomic E-state index is 5.46. The average molecular weight is 248 g/mol. The van der Waals surface area contributed by atoms with Gasteiger partial charge in [-0.15, -0.1) is 0 Å². The SMILES string of the molecule is COc1cc(CN2CCCCC2)cnc1C(C)C. The Morgan fingerprint density at radius 1 is 1.28 bits per heavy atom. The van der Waals surface area contributed by atoms with E-state index in [2.05, 4.69) is 29.8 Å². The Balaban J connectivity index is 2.09. The van der Waals surface area contributed by atoms with Gasteiger partial charge in [-0.2, -0.15) is 0 Å². The molecule has 0 spiro atoms. The zero-order valence-corrected chi connectivity index (χ0v) is 11.8. The lowest BCUT2D eigenvalue weighted by atomic mass is 10.1. The van der Waals surface area contributed by atoms with E-state index < -0.39 is 0 Å². The summed E-state index contributed by atoms with van der Waals surface area (Å²) >= 11 is 0. The highest BCUT2D eigenvalue weighted by molar-refractivity contribution is 5.33. The van der Waals surface area contributed by atoms with Crippen LogP contribution in [0.3, 0.4) is 0 Å². The van der Waals surface area contributed by atoms with Crippen molar-refractivity contribution in [1.29, 1.82) is 0 Å². The predicted molar refractivity (Wildman–Crippen MR) is 74.0 cm³/mol. The third kappa shape index (κ3) is 3.22. The van der Waals surface area contributed by atoms with Gasteiger partial charge in [0.2, 0.25) is 0 Å². The van der Waals surface area contributed by atoms with Crippen LogP contribution >= 0.6 is 0 Å². The van der Waals surface area contributed by atoms with E-state index in [1.54, 1.807) is 7.11 Å². The second-order valence-electron chi connectivity index (χ2n) is 5.42. The predicted octanol–water partition coefficient (Wildman–Crippen LogP) is 3.20. The fourth-order valence-corrected chi connectivity index (χ4v) is 2.55. The Kier molecular flexibility index (Phi) is 4.59. The fourth-order valence-electron chi connectivity index (χ4n) is 2.55. The monoisotopic (exact) mass is 248 g/mol. The smallest absolute Gasteiger partial charge is 0.140 e. The van der Waals surface area contributed by atoms with Crippen LogP contribution < -0.4 is 4.74 Å². The van der Waals surface area contributed by atoms with Gasteiger partial charge >= 0.3 is 0 Å². The molecular weight excluding hydrogens is 224 g/mol. The minimum atomic E-state index is 0.406. The molecule has 1 fully saturated rings. The summed E-state index contributed by atoms with van der Waals surface area (Å²) < 4.78 is 5.46. The first kappa shape index (κ1) is 13.3. The number of methoxy groups -OCH3 is 1. The molecule has 0 aromatic carbocycles.